The average Bonchev–Trinajstić information content (AvgIpc) is 3.10. The zero-order valence-electron chi connectivity index (χ0n) is 28.0. The van der Waals surface area contributed by atoms with E-state index in [1.807, 2.05) is 97.1 Å². The van der Waals surface area contributed by atoms with E-state index in [1.165, 1.54) is 7.11 Å². The van der Waals surface area contributed by atoms with Gasteiger partial charge in [-0.15, -0.1) is 13.2 Å². The van der Waals surface area contributed by atoms with Gasteiger partial charge >= 0.3 is 5.97 Å². The number of allylic oxidation sites excluding steroid dienone is 2. The van der Waals surface area contributed by atoms with Gasteiger partial charge in [0.15, 0.2) is 0 Å². The average molecular weight is 655 g/mol. The van der Waals surface area contributed by atoms with Crippen LogP contribution in [0.15, 0.2) is 116 Å². The van der Waals surface area contributed by atoms with Crippen molar-refractivity contribution in [3.63, 3.8) is 0 Å². The van der Waals surface area contributed by atoms with Crippen molar-refractivity contribution >= 4 is 17.8 Å². The molecule has 0 aliphatic rings. The van der Waals surface area contributed by atoms with E-state index in [9.17, 15) is 19.5 Å². The molecule has 256 valence electrons. The third-order valence-electron chi connectivity index (χ3n) is 8.19. The number of rotatable bonds is 22. The first-order valence-electron chi connectivity index (χ1n) is 16.6. The van der Waals surface area contributed by atoms with E-state index >= 15 is 0 Å². The van der Waals surface area contributed by atoms with E-state index < -0.39 is 30.0 Å². The third-order valence-corrected chi connectivity index (χ3v) is 8.19. The monoisotopic (exact) mass is 654 g/mol. The Balaban J connectivity index is 1.78. The lowest BCUT2D eigenvalue weighted by Crippen LogP contribution is -2.47. The van der Waals surface area contributed by atoms with Crippen molar-refractivity contribution in [2.24, 2.45) is 11.8 Å². The molecule has 3 rings (SSSR count). The Bertz CT molecular complexity index is 1400. The quantitative estimate of drug-likeness (QED) is 0.0705. The standard InChI is InChI=1S/C40H50N2O6/c1-4-6-10-24-34(25-30-18-11-7-12-19-30)40(46)48-38(32-22-15-9-16-23-32)36(29-47-3)42-39(45)33(17-5-2)27-37(44)41-35(28-43)26-31-20-13-8-14-21-31/h4-5,7-9,11-16,18-23,33-36,38,43H,1-2,6,10,17,24-29H2,3H3,(H,41,44)(H,42,45)/t33-,34-,35+,36+,38+/m1/s1. The van der Waals surface area contributed by atoms with E-state index in [0.29, 0.717) is 24.8 Å². The molecule has 3 aromatic rings. The van der Waals surface area contributed by atoms with Crippen LogP contribution in [0, 0.1) is 11.8 Å². The molecule has 0 saturated heterocycles. The van der Waals surface area contributed by atoms with Crippen LogP contribution in [0.25, 0.3) is 0 Å². The molecule has 0 radical (unpaired) electrons. The van der Waals surface area contributed by atoms with Gasteiger partial charge in [-0.05, 0) is 55.2 Å². The number of aliphatic hydroxyl groups is 1. The smallest absolute Gasteiger partial charge is 0.309 e. The molecule has 8 heteroatoms. The highest BCUT2D eigenvalue weighted by Gasteiger charge is 2.33. The minimum atomic E-state index is -0.844. The van der Waals surface area contributed by atoms with Gasteiger partial charge in [0.05, 0.1) is 37.1 Å². The van der Waals surface area contributed by atoms with Crippen LogP contribution < -0.4 is 10.6 Å². The molecule has 0 aromatic heterocycles. The lowest BCUT2D eigenvalue weighted by molar-refractivity contribution is -0.158. The molecule has 0 fully saturated rings. The van der Waals surface area contributed by atoms with Crippen molar-refractivity contribution in [3.05, 3.63) is 133 Å². The summed E-state index contributed by atoms with van der Waals surface area (Å²) in [6, 6.07) is 27.5. The topological polar surface area (TPSA) is 114 Å². The second-order valence-electron chi connectivity index (χ2n) is 12.0. The van der Waals surface area contributed by atoms with E-state index in [4.69, 9.17) is 9.47 Å². The summed E-state index contributed by atoms with van der Waals surface area (Å²) in [5, 5.41) is 15.8. The Kier molecular flexibility index (Phi) is 16.9. The fourth-order valence-electron chi connectivity index (χ4n) is 5.70. The van der Waals surface area contributed by atoms with Gasteiger partial charge in [-0.3, -0.25) is 14.4 Å². The highest BCUT2D eigenvalue weighted by Crippen LogP contribution is 2.27. The second-order valence-corrected chi connectivity index (χ2v) is 12.0. The number of aliphatic hydroxyl groups excluding tert-OH is 1. The van der Waals surface area contributed by atoms with Gasteiger partial charge in [0.2, 0.25) is 11.8 Å². The summed E-state index contributed by atoms with van der Waals surface area (Å²) in [4.78, 5) is 40.8. The summed E-state index contributed by atoms with van der Waals surface area (Å²) in [5.74, 6) is -2.24. The lowest BCUT2D eigenvalue weighted by atomic mass is 9.93. The number of benzene rings is 3. The molecule has 48 heavy (non-hydrogen) atoms. The van der Waals surface area contributed by atoms with Gasteiger partial charge in [-0.2, -0.15) is 0 Å². The first-order valence-corrected chi connectivity index (χ1v) is 16.6. The number of hydrogen-bond acceptors (Lipinski definition) is 6. The molecule has 0 aliphatic carbocycles. The van der Waals surface area contributed by atoms with Crippen molar-refractivity contribution in [2.75, 3.05) is 20.3 Å². The summed E-state index contributed by atoms with van der Waals surface area (Å²) < 4.78 is 11.8. The van der Waals surface area contributed by atoms with Crippen LogP contribution in [-0.4, -0.2) is 55.3 Å². The van der Waals surface area contributed by atoms with Crippen LogP contribution >= 0.6 is 0 Å². The molecule has 0 saturated carbocycles. The molecule has 3 aromatic carbocycles. The number of ether oxygens (including phenoxy) is 2. The predicted molar refractivity (Wildman–Crippen MR) is 189 cm³/mol. The molecule has 0 unspecified atom stereocenters. The number of esters is 1. The fraction of sp³-hybridized carbons (Fsp3) is 0.375. The first-order chi connectivity index (χ1) is 23.4. The van der Waals surface area contributed by atoms with E-state index in [1.54, 1.807) is 6.08 Å². The normalized spacial score (nSPS) is 14.0. The fourth-order valence-corrected chi connectivity index (χ4v) is 5.70. The molecule has 0 aliphatic heterocycles. The summed E-state index contributed by atoms with van der Waals surface area (Å²) in [6.07, 6.45) is 5.92. The van der Waals surface area contributed by atoms with Gasteiger partial charge in [0.1, 0.15) is 6.10 Å². The SMILES string of the molecule is C=CCCC[C@H](Cc1ccccc1)C(=O)O[C@@H](c1ccccc1)[C@H](COC)NC(=O)[C@H](CC=C)CC(=O)N[C@H](CO)Cc1ccccc1. The molecule has 5 atom stereocenters. The summed E-state index contributed by atoms with van der Waals surface area (Å²) in [7, 11) is 1.52. The third kappa shape index (κ3) is 12.9. The minimum absolute atomic E-state index is 0.0645. The van der Waals surface area contributed by atoms with Gasteiger partial charge in [0.25, 0.3) is 0 Å². The Morgan fingerprint density at radius 1 is 0.812 bits per heavy atom. The maximum Gasteiger partial charge on any atom is 0.309 e. The number of nitrogens with one attached hydrogen (secondary N) is 2. The van der Waals surface area contributed by atoms with Crippen LogP contribution in [0.1, 0.15) is 54.9 Å². The predicted octanol–water partition coefficient (Wildman–Crippen LogP) is 5.92. The number of amides is 2. The molecule has 0 spiro atoms. The zero-order chi connectivity index (χ0) is 34.6. The molecule has 0 heterocycles. The molecule has 8 nitrogen and oxygen atoms in total. The van der Waals surface area contributed by atoms with Crippen LogP contribution in [0.5, 0.6) is 0 Å². The van der Waals surface area contributed by atoms with Crippen LogP contribution in [0.4, 0.5) is 0 Å². The lowest BCUT2D eigenvalue weighted by Gasteiger charge is -2.30. The van der Waals surface area contributed by atoms with Gasteiger partial charge in [0, 0.05) is 13.5 Å². The largest absolute Gasteiger partial charge is 0.455 e. The maximum atomic E-state index is 13.9. The van der Waals surface area contributed by atoms with Crippen molar-refractivity contribution in [3.8, 4) is 0 Å². The van der Waals surface area contributed by atoms with Gasteiger partial charge in [-0.25, -0.2) is 0 Å². The maximum absolute atomic E-state index is 13.9. The Hall–Kier alpha value is -4.53. The molecule has 2 amide bonds. The Morgan fingerprint density at radius 2 is 1.42 bits per heavy atom. The minimum Gasteiger partial charge on any atom is -0.455 e. The molecular weight excluding hydrogens is 604 g/mol. The van der Waals surface area contributed by atoms with E-state index in [-0.39, 0.29) is 43.8 Å². The highest BCUT2D eigenvalue weighted by molar-refractivity contribution is 5.86. The van der Waals surface area contributed by atoms with Crippen LogP contribution in [-0.2, 0) is 36.7 Å². The first kappa shape index (κ1) is 37.9. The number of unbranched alkanes of at least 4 members (excludes halogenated alkanes) is 1. The summed E-state index contributed by atoms with van der Waals surface area (Å²) in [5.41, 5.74) is 2.73. The number of carbonyl (C=O) groups is 3. The van der Waals surface area contributed by atoms with Crippen LogP contribution in [0.3, 0.4) is 0 Å². The van der Waals surface area contributed by atoms with E-state index in [0.717, 1.165) is 24.0 Å². The van der Waals surface area contributed by atoms with Crippen molar-refractivity contribution < 1.29 is 29.0 Å². The number of methoxy groups -OCH3 is 1. The van der Waals surface area contributed by atoms with E-state index in [2.05, 4.69) is 23.8 Å². The van der Waals surface area contributed by atoms with Gasteiger partial charge in [-0.1, -0.05) is 103 Å². The van der Waals surface area contributed by atoms with Crippen LogP contribution in [0.2, 0.25) is 0 Å². The molecule has 3 N–H and O–H groups in total. The summed E-state index contributed by atoms with van der Waals surface area (Å²) in [6.45, 7) is 7.43. The van der Waals surface area contributed by atoms with Crippen molar-refractivity contribution in [2.45, 2.75) is 63.1 Å². The number of hydrogen-bond donors (Lipinski definition) is 3. The summed E-state index contributed by atoms with van der Waals surface area (Å²) >= 11 is 0. The van der Waals surface area contributed by atoms with Gasteiger partial charge < -0.3 is 25.2 Å². The van der Waals surface area contributed by atoms with Crippen molar-refractivity contribution in [1.29, 1.82) is 0 Å². The molecular formula is C40H50N2O6. The van der Waals surface area contributed by atoms with Crippen molar-refractivity contribution in [1.82, 2.24) is 10.6 Å². The molecule has 0 bridgehead atoms. The second kappa shape index (κ2) is 21.4. The Labute approximate surface area is 285 Å². The highest BCUT2D eigenvalue weighted by atomic mass is 16.5. The number of carbonyl (C=O) groups excluding carboxylic acids is 3. The zero-order valence-corrected chi connectivity index (χ0v) is 28.0. The Morgan fingerprint density at radius 3 is 1.98 bits per heavy atom.